The maximum Gasteiger partial charge on any atom is 0.278 e. The third kappa shape index (κ3) is 5.83. The molecule has 1 amide bonds. The number of benzene rings is 1. The van der Waals surface area contributed by atoms with Gasteiger partial charge in [-0.25, -0.2) is 4.98 Å². The van der Waals surface area contributed by atoms with Crippen LogP contribution in [0.15, 0.2) is 48.7 Å². The number of aromatic amines is 1. The molecule has 0 bridgehead atoms. The Morgan fingerprint density at radius 3 is 2.23 bits per heavy atom. The molecule has 0 aliphatic carbocycles. The van der Waals surface area contributed by atoms with Crippen molar-refractivity contribution in [1.82, 2.24) is 4.90 Å². The van der Waals surface area contributed by atoms with Crippen LogP contribution in [0.4, 0.5) is 5.82 Å². The number of nitrogens with zero attached hydrogens (tertiary/aromatic N) is 2. The van der Waals surface area contributed by atoms with Crippen molar-refractivity contribution in [2.45, 2.75) is 26.3 Å². The number of piperazine rings is 2. The van der Waals surface area contributed by atoms with Crippen molar-refractivity contribution in [2.75, 3.05) is 63.8 Å². The molecule has 2 aromatic rings. The second-order valence-corrected chi connectivity index (χ2v) is 9.37. The molecule has 0 atom stereocenters. The molecule has 2 fully saturated rings. The summed E-state index contributed by atoms with van der Waals surface area (Å²) in [7, 11) is 0. The Bertz CT molecular complexity index is 823. The fraction of sp³-hybridized carbons (Fsp3) is 0.520. The molecule has 2 saturated heterocycles. The minimum atomic E-state index is 0.319. The molecule has 1 aromatic heterocycles. The van der Waals surface area contributed by atoms with Gasteiger partial charge in [-0.3, -0.25) is 9.69 Å². The highest BCUT2D eigenvalue weighted by atomic mass is 16.2. The molecule has 0 saturated carbocycles. The van der Waals surface area contributed by atoms with Crippen molar-refractivity contribution >= 4 is 11.7 Å². The number of anilines is 1. The number of quaternary nitrogens is 2. The number of hydrogen-bond acceptors (Lipinski definition) is 2. The van der Waals surface area contributed by atoms with Crippen LogP contribution in [-0.2, 0) is 11.3 Å². The molecule has 0 radical (unpaired) electrons. The second kappa shape index (κ2) is 10.2. The van der Waals surface area contributed by atoms with Crippen molar-refractivity contribution < 1.29 is 19.6 Å². The average Bonchev–Trinajstić information content (AvgIpc) is 2.81. The highest BCUT2D eigenvalue weighted by Gasteiger charge is 2.30. The largest absolute Gasteiger partial charge is 0.330 e. The summed E-state index contributed by atoms with van der Waals surface area (Å²) in [5, 5.41) is 0. The summed E-state index contributed by atoms with van der Waals surface area (Å²) in [6.07, 6.45) is 1.96. The van der Waals surface area contributed by atoms with Gasteiger partial charge in [0.2, 0.25) is 0 Å². The number of amides is 1. The van der Waals surface area contributed by atoms with Crippen molar-refractivity contribution in [3.05, 3.63) is 59.8 Å². The van der Waals surface area contributed by atoms with E-state index < -0.39 is 0 Å². The zero-order valence-electron chi connectivity index (χ0n) is 19.1. The molecule has 3 N–H and O–H groups in total. The maximum absolute atomic E-state index is 12.8. The molecular weight excluding hydrogens is 386 g/mol. The lowest BCUT2D eigenvalue weighted by atomic mass is 10.0. The van der Waals surface area contributed by atoms with Gasteiger partial charge in [-0.15, -0.1) is 0 Å². The van der Waals surface area contributed by atoms with Crippen LogP contribution in [0.2, 0.25) is 0 Å². The van der Waals surface area contributed by atoms with E-state index in [1.54, 1.807) is 4.90 Å². The number of carbonyl (C=O) groups is 1. The van der Waals surface area contributed by atoms with Crippen molar-refractivity contribution in [3.63, 3.8) is 0 Å². The third-order valence-corrected chi connectivity index (χ3v) is 6.83. The first-order valence-corrected chi connectivity index (χ1v) is 11.8. The number of aromatic nitrogens is 1. The highest BCUT2D eigenvalue weighted by Crippen LogP contribution is 2.14. The number of rotatable bonds is 6. The van der Waals surface area contributed by atoms with E-state index in [2.05, 4.69) is 65.0 Å². The standard InChI is InChI=1S/C25H35N5O/c1-21(2)23-8-6-22(7-9-23)19-27-11-13-28(14-12-27)20-25(31)30-17-15-29(16-18-30)24-5-3-4-10-26-24/h3-10,21H,11-20H2,1-2H3/p+3. The summed E-state index contributed by atoms with van der Waals surface area (Å²) < 4.78 is 0. The Hall–Kier alpha value is -2.44. The molecule has 6 nitrogen and oxygen atoms in total. The minimum Gasteiger partial charge on any atom is -0.330 e. The number of pyridine rings is 1. The molecule has 0 spiro atoms. The van der Waals surface area contributed by atoms with Gasteiger partial charge in [-0.1, -0.05) is 44.2 Å². The van der Waals surface area contributed by atoms with E-state index in [1.807, 2.05) is 12.3 Å². The summed E-state index contributed by atoms with van der Waals surface area (Å²) in [6.45, 7) is 14.1. The Labute approximate surface area is 186 Å². The Morgan fingerprint density at radius 2 is 1.61 bits per heavy atom. The lowest BCUT2D eigenvalue weighted by Gasteiger charge is -2.33. The summed E-state index contributed by atoms with van der Waals surface area (Å²) in [6, 6.07) is 15.3. The van der Waals surface area contributed by atoms with Crippen LogP contribution >= 0.6 is 0 Å². The molecule has 166 valence electrons. The molecular formula is C25H38N5O+3. The maximum atomic E-state index is 12.8. The summed E-state index contributed by atoms with van der Waals surface area (Å²) in [4.78, 5) is 23.6. The fourth-order valence-corrected chi connectivity index (χ4v) is 4.72. The van der Waals surface area contributed by atoms with E-state index >= 15 is 0 Å². The lowest BCUT2D eigenvalue weighted by Crippen LogP contribution is -3.28. The van der Waals surface area contributed by atoms with Gasteiger partial charge < -0.3 is 14.7 Å². The Balaban J connectivity index is 1.18. The molecule has 31 heavy (non-hydrogen) atoms. The van der Waals surface area contributed by atoms with E-state index in [4.69, 9.17) is 0 Å². The highest BCUT2D eigenvalue weighted by molar-refractivity contribution is 5.77. The Kier molecular flexibility index (Phi) is 7.20. The van der Waals surface area contributed by atoms with Gasteiger partial charge in [0.25, 0.3) is 11.7 Å². The first-order chi connectivity index (χ1) is 15.1. The van der Waals surface area contributed by atoms with Gasteiger partial charge in [-0.05, 0) is 17.5 Å². The zero-order valence-corrected chi connectivity index (χ0v) is 19.1. The number of carbonyl (C=O) groups excluding carboxylic acids is 1. The SMILES string of the molecule is CC(C)c1ccc(C[NH+]2CC[NH+](CC(=O)N3CCN(c4cccc[nH+]4)CC3)CC2)cc1. The van der Waals surface area contributed by atoms with E-state index in [1.165, 1.54) is 16.0 Å². The summed E-state index contributed by atoms with van der Waals surface area (Å²) in [5.41, 5.74) is 2.83. The molecule has 2 aliphatic heterocycles. The predicted octanol–water partition coefficient (Wildman–Crippen LogP) is -0.744. The van der Waals surface area contributed by atoms with Gasteiger partial charge in [0, 0.05) is 11.6 Å². The van der Waals surface area contributed by atoms with Crippen LogP contribution in [0.25, 0.3) is 0 Å². The van der Waals surface area contributed by atoms with Gasteiger partial charge in [0.1, 0.15) is 45.8 Å². The van der Waals surface area contributed by atoms with Crippen molar-refractivity contribution in [1.29, 1.82) is 0 Å². The topological polar surface area (TPSA) is 46.6 Å². The van der Waals surface area contributed by atoms with E-state index in [0.29, 0.717) is 18.4 Å². The monoisotopic (exact) mass is 424 g/mol. The smallest absolute Gasteiger partial charge is 0.278 e. The number of nitrogens with one attached hydrogen (secondary N) is 3. The van der Waals surface area contributed by atoms with Crippen LogP contribution in [0.5, 0.6) is 0 Å². The van der Waals surface area contributed by atoms with Crippen LogP contribution in [-0.4, -0.2) is 69.7 Å². The number of H-pyrrole nitrogens is 1. The van der Waals surface area contributed by atoms with E-state index in [0.717, 1.165) is 64.7 Å². The first-order valence-electron chi connectivity index (χ1n) is 11.8. The van der Waals surface area contributed by atoms with Gasteiger partial charge in [0.15, 0.2) is 6.54 Å². The molecule has 1 aromatic carbocycles. The van der Waals surface area contributed by atoms with E-state index in [9.17, 15) is 4.79 Å². The predicted molar refractivity (Wildman–Crippen MR) is 122 cm³/mol. The molecule has 6 heteroatoms. The third-order valence-electron chi connectivity index (χ3n) is 6.83. The molecule has 0 unspecified atom stereocenters. The fourth-order valence-electron chi connectivity index (χ4n) is 4.72. The Morgan fingerprint density at radius 1 is 0.935 bits per heavy atom. The zero-order chi connectivity index (χ0) is 21.6. The van der Waals surface area contributed by atoms with Gasteiger partial charge >= 0.3 is 0 Å². The van der Waals surface area contributed by atoms with Crippen molar-refractivity contribution in [3.8, 4) is 0 Å². The average molecular weight is 425 g/mol. The van der Waals surface area contributed by atoms with Crippen LogP contribution in [0, 0.1) is 0 Å². The first kappa shape index (κ1) is 21.8. The van der Waals surface area contributed by atoms with Crippen LogP contribution in [0.3, 0.4) is 0 Å². The van der Waals surface area contributed by atoms with Crippen LogP contribution in [0.1, 0.15) is 30.9 Å². The molecule has 2 aliphatic rings. The minimum absolute atomic E-state index is 0.319. The van der Waals surface area contributed by atoms with E-state index in [-0.39, 0.29) is 0 Å². The summed E-state index contributed by atoms with van der Waals surface area (Å²) in [5.74, 6) is 2.04. The summed E-state index contributed by atoms with van der Waals surface area (Å²) >= 11 is 0. The number of hydrogen-bond donors (Lipinski definition) is 2. The van der Waals surface area contributed by atoms with Crippen molar-refractivity contribution in [2.24, 2.45) is 0 Å². The molecule has 4 rings (SSSR count). The van der Waals surface area contributed by atoms with Gasteiger partial charge in [0.05, 0.1) is 19.3 Å². The van der Waals surface area contributed by atoms with Crippen LogP contribution < -0.4 is 19.7 Å². The normalized spacial score (nSPS) is 22.0. The lowest BCUT2D eigenvalue weighted by molar-refractivity contribution is -1.02. The van der Waals surface area contributed by atoms with Gasteiger partial charge in [-0.2, -0.15) is 0 Å². The second-order valence-electron chi connectivity index (χ2n) is 9.37. The molecule has 3 heterocycles. The quantitative estimate of drug-likeness (QED) is 0.642.